The van der Waals surface area contributed by atoms with Gasteiger partial charge in [-0.15, -0.1) is 0 Å². The van der Waals surface area contributed by atoms with Crippen LogP contribution in [0.15, 0.2) is 103 Å². The van der Waals surface area contributed by atoms with Crippen molar-refractivity contribution in [2.75, 3.05) is 0 Å². The van der Waals surface area contributed by atoms with Gasteiger partial charge in [-0.2, -0.15) is 0 Å². The molecule has 0 aliphatic rings. The van der Waals surface area contributed by atoms with E-state index in [1.54, 1.807) is 0 Å². The van der Waals surface area contributed by atoms with Crippen LogP contribution in [0, 0.1) is 0 Å². The second-order valence-electron chi connectivity index (χ2n) is 11.3. The van der Waals surface area contributed by atoms with Crippen LogP contribution in [0.3, 0.4) is 0 Å². The molecule has 0 N–H and O–H groups in total. The van der Waals surface area contributed by atoms with Crippen LogP contribution < -0.4 is 4.43 Å². The van der Waals surface area contributed by atoms with Gasteiger partial charge in [0.1, 0.15) is 11.6 Å². The maximum atomic E-state index is 6.90. The summed E-state index contributed by atoms with van der Waals surface area (Å²) in [5.41, 5.74) is 4.23. The van der Waals surface area contributed by atoms with Crippen molar-refractivity contribution < 1.29 is 4.43 Å². The minimum absolute atomic E-state index is 0.0894. The molecule has 37 heavy (non-hydrogen) atoms. The van der Waals surface area contributed by atoms with E-state index in [2.05, 4.69) is 142 Å². The van der Waals surface area contributed by atoms with Crippen LogP contribution in [0.4, 0.5) is 0 Å². The highest BCUT2D eigenvalue weighted by Crippen LogP contribution is 2.43. The fourth-order valence-electron chi connectivity index (χ4n) is 4.88. The standard InChI is InChI=1S/C33H32N2OSi/c1-33(2,3)37(4,5)36-29-22-14-13-21-28(29)32-34-30-26-19-11-9-17-24(26)25-18-10-12-20-27(25)31(30)35(32)23-15-7-6-8-16-23/h6-22H,1-5H3. The highest BCUT2D eigenvalue weighted by atomic mass is 28.4. The molecule has 3 nitrogen and oxygen atoms in total. The van der Waals surface area contributed by atoms with Gasteiger partial charge in [-0.1, -0.05) is 99.6 Å². The largest absolute Gasteiger partial charge is 0.543 e. The molecule has 1 aromatic heterocycles. The molecule has 1 heterocycles. The Hall–Kier alpha value is -3.89. The van der Waals surface area contributed by atoms with Gasteiger partial charge in [0.05, 0.1) is 16.6 Å². The summed E-state index contributed by atoms with van der Waals surface area (Å²) in [6.45, 7) is 11.4. The number of hydrogen-bond donors (Lipinski definition) is 0. The third-order valence-corrected chi connectivity index (χ3v) is 12.2. The lowest BCUT2D eigenvalue weighted by Crippen LogP contribution is -2.44. The second-order valence-corrected chi connectivity index (χ2v) is 16.0. The van der Waals surface area contributed by atoms with Crippen molar-refractivity contribution in [3.8, 4) is 22.8 Å². The van der Waals surface area contributed by atoms with Gasteiger partial charge in [-0.3, -0.25) is 4.57 Å². The van der Waals surface area contributed by atoms with Gasteiger partial charge in [0.15, 0.2) is 0 Å². The summed E-state index contributed by atoms with van der Waals surface area (Å²) in [7, 11) is -2.07. The highest BCUT2D eigenvalue weighted by Gasteiger charge is 2.39. The minimum atomic E-state index is -2.07. The van der Waals surface area contributed by atoms with Crippen LogP contribution in [-0.2, 0) is 0 Å². The van der Waals surface area contributed by atoms with Crippen molar-refractivity contribution in [1.82, 2.24) is 9.55 Å². The molecule has 0 fully saturated rings. The van der Waals surface area contributed by atoms with Crippen LogP contribution in [0.1, 0.15) is 20.8 Å². The zero-order chi connectivity index (χ0) is 25.8. The first-order valence-electron chi connectivity index (χ1n) is 12.9. The summed E-state index contributed by atoms with van der Waals surface area (Å²) in [4.78, 5) is 5.39. The maximum Gasteiger partial charge on any atom is 0.250 e. The van der Waals surface area contributed by atoms with Gasteiger partial charge in [0.2, 0.25) is 0 Å². The summed E-state index contributed by atoms with van der Waals surface area (Å²) in [5, 5.41) is 4.91. The van der Waals surface area contributed by atoms with Crippen molar-refractivity contribution in [1.29, 1.82) is 0 Å². The fourth-order valence-corrected chi connectivity index (χ4v) is 5.92. The van der Waals surface area contributed by atoms with Crippen LogP contribution in [0.25, 0.3) is 49.7 Å². The molecule has 0 spiro atoms. The molecule has 0 bridgehead atoms. The van der Waals surface area contributed by atoms with Gasteiger partial charge < -0.3 is 4.43 Å². The molecule has 0 aliphatic heterocycles. The van der Waals surface area contributed by atoms with Gasteiger partial charge in [0.25, 0.3) is 8.32 Å². The average molecular weight is 501 g/mol. The van der Waals surface area contributed by atoms with E-state index in [0.717, 1.165) is 39.2 Å². The lowest BCUT2D eigenvalue weighted by molar-refractivity contribution is 0.493. The van der Waals surface area contributed by atoms with Crippen LogP contribution >= 0.6 is 0 Å². The molecular formula is C33H32N2OSi. The van der Waals surface area contributed by atoms with Crippen LogP contribution in [-0.4, -0.2) is 17.9 Å². The smallest absolute Gasteiger partial charge is 0.250 e. The van der Waals surface area contributed by atoms with Crippen molar-refractivity contribution >= 4 is 40.9 Å². The first-order valence-corrected chi connectivity index (χ1v) is 15.8. The van der Waals surface area contributed by atoms with E-state index in [9.17, 15) is 0 Å². The van der Waals surface area contributed by atoms with Crippen molar-refractivity contribution in [2.45, 2.75) is 38.9 Å². The number of aromatic nitrogens is 2. The van der Waals surface area contributed by atoms with E-state index in [4.69, 9.17) is 9.41 Å². The Bertz CT molecular complexity index is 1760. The molecule has 4 heteroatoms. The highest BCUT2D eigenvalue weighted by molar-refractivity contribution is 6.74. The Labute approximate surface area is 219 Å². The summed E-state index contributed by atoms with van der Waals surface area (Å²) in [5.74, 6) is 1.80. The van der Waals surface area contributed by atoms with Crippen molar-refractivity contribution in [2.24, 2.45) is 0 Å². The first-order chi connectivity index (χ1) is 17.8. The minimum Gasteiger partial charge on any atom is -0.543 e. The maximum absolute atomic E-state index is 6.90. The quantitative estimate of drug-likeness (QED) is 0.178. The molecule has 0 saturated carbocycles. The Morgan fingerprint density at radius 2 is 1.19 bits per heavy atom. The predicted molar refractivity (Wildman–Crippen MR) is 159 cm³/mol. The topological polar surface area (TPSA) is 27.1 Å². The number of benzene rings is 5. The molecule has 6 aromatic rings. The van der Waals surface area contributed by atoms with Crippen LogP contribution in [0.5, 0.6) is 5.75 Å². The second kappa shape index (κ2) is 8.60. The lowest BCUT2D eigenvalue weighted by Gasteiger charge is -2.37. The molecule has 0 saturated heterocycles. The van der Waals surface area contributed by atoms with Gasteiger partial charge in [0, 0.05) is 16.5 Å². The Morgan fingerprint density at radius 3 is 1.86 bits per heavy atom. The number of para-hydroxylation sites is 2. The Balaban J connectivity index is 1.74. The Morgan fingerprint density at radius 1 is 0.649 bits per heavy atom. The number of rotatable bonds is 4. The third-order valence-electron chi connectivity index (χ3n) is 7.85. The summed E-state index contributed by atoms with van der Waals surface area (Å²) in [6, 6.07) is 36.2. The van der Waals surface area contributed by atoms with Gasteiger partial charge in [-0.25, -0.2) is 4.98 Å². The normalized spacial score (nSPS) is 12.5. The molecule has 5 aromatic carbocycles. The van der Waals surface area contributed by atoms with E-state index >= 15 is 0 Å². The molecule has 6 rings (SSSR count). The molecule has 0 aliphatic carbocycles. The van der Waals surface area contributed by atoms with Gasteiger partial charge >= 0.3 is 0 Å². The molecule has 0 radical (unpaired) electrons. The van der Waals surface area contributed by atoms with Gasteiger partial charge in [-0.05, 0) is 53.2 Å². The monoisotopic (exact) mass is 500 g/mol. The fraction of sp³-hybridized carbons (Fsp3) is 0.182. The van der Waals surface area contributed by atoms with Crippen molar-refractivity contribution in [3.05, 3.63) is 103 Å². The molecular weight excluding hydrogens is 468 g/mol. The van der Waals surface area contributed by atoms with E-state index in [0.29, 0.717) is 0 Å². The van der Waals surface area contributed by atoms with Crippen LogP contribution in [0.2, 0.25) is 18.1 Å². The molecule has 184 valence electrons. The average Bonchev–Trinajstić information content (AvgIpc) is 3.30. The zero-order valence-corrected chi connectivity index (χ0v) is 23.1. The van der Waals surface area contributed by atoms with E-state index < -0.39 is 8.32 Å². The zero-order valence-electron chi connectivity index (χ0n) is 22.1. The lowest BCUT2D eigenvalue weighted by atomic mass is 10.00. The summed E-state index contributed by atoms with van der Waals surface area (Å²) in [6.07, 6.45) is 0. The summed E-state index contributed by atoms with van der Waals surface area (Å²) < 4.78 is 9.22. The molecule has 0 atom stereocenters. The number of imidazole rings is 1. The first kappa shape index (κ1) is 23.5. The van der Waals surface area contributed by atoms with E-state index in [-0.39, 0.29) is 5.04 Å². The predicted octanol–water partition coefficient (Wildman–Crippen LogP) is 9.38. The number of nitrogens with zero attached hydrogens (tertiary/aromatic N) is 2. The summed E-state index contributed by atoms with van der Waals surface area (Å²) >= 11 is 0. The Kier molecular flexibility index (Phi) is 5.46. The van der Waals surface area contributed by atoms with Crippen molar-refractivity contribution in [3.63, 3.8) is 0 Å². The van der Waals surface area contributed by atoms with E-state index in [1.807, 2.05) is 0 Å². The number of fused-ring (bicyclic) bond motifs is 6. The SMILES string of the molecule is CC(C)(C)[Si](C)(C)Oc1ccccc1-c1nc2c3ccccc3c3ccccc3c2n1-c1ccccc1. The number of hydrogen-bond acceptors (Lipinski definition) is 2. The molecule has 0 unspecified atom stereocenters. The van der Waals surface area contributed by atoms with E-state index in [1.165, 1.54) is 16.2 Å². The molecule has 0 amide bonds. The third kappa shape index (κ3) is 3.84.